The summed E-state index contributed by atoms with van der Waals surface area (Å²) in [7, 11) is 1.26. The zero-order valence-electron chi connectivity index (χ0n) is 19.7. The van der Waals surface area contributed by atoms with Crippen LogP contribution in [-0.2, 0) is 26.0 Å². The Kier molecular flexibility index (Phi) is 7.33. The molecule has 0 radical (unpaired) electrons. The average Bonchev–Trinajstić information content (AvgIpc) is 3.22. The molecule has 1 heterocycles. The monoisotopic (exact) mass is 574 g/mol. The molecule has 1 N–H and O–H groups in total. The van der Waals surface area contributed by atoms with E-state index in [2.05, 4.69) is 5.10 Å². The van der Waals surface area contributed by atoms with Crippen LogP contribution in [0, 0.1) is 6.92 Å². The lowest BCUT2D eigenvalue weighted by Gasteiger charge is -2.20. The number of hydrogen-bond donors (Lipinski definition) is 1. The highest BCUT2D eigenvalue weighted by Gasteiger charge is 2.36. The highest BCUT2D eigenvalue weighted by atomic mass is 35.5. The molecular weight excluding hydrogens is 557 g/mol. The minimum atomic E-state index is -4.80. The van der Waals surface area contributed by atoms with E-state index in [1.165, 1.54) is 19.2 Å². The predicted molar refractivity (Wildman–Crippen MR) is 131 cm³/mol. The number of nitrogens with zero attached hydrogens (tertiary/aromatic N) is 2. The van der Waals surface area contributed by atoms with Crippen molar-refractivity contribution in [2.45, 2.75) is 25.9 Å². The van der Waals surface area contributed by atoms with E-state index in [0.717, 1.165) is 22.9 Å². The molecule has 0 amide bonds. The van der Waals surface area contributed by atoms with Crippen LogP contribution >= 0.6 is 23.2 Å². The number of aryl methyl sites for hydroxylation is 2. The maximum absolute atomic E-state index is 13.6. The van der Waals surface area contributed by atoms with E-state index in [1.54, 1.807) is 31.2 Å². The first-order chi connectivity index (χ1) is 17.7. The van der Waals surface area contributed by atoms with Gasteiger partial charge in [0, 0.05) is 17.6 Å². The summed E-state index contributed by atoms with van der Waals surface area (Å²) < 4.78 is 87.6. The number of aromatic nitrogens is 2. The molecule has 4 aromatic rings. The molecule has 3 aromatic carbocycles. The summed E-state index contributed by atoms with van der Waals surface area (Å²) in [5.41, 5.74) is -1.75. The molecule has 12 heteroatoms. The second-order valence-electron chi connectivity index (χ2n) is 8.44. The molecule has 0 saturated heterocycles. The number of hydrogen-bond acceptors (Lipinski definition) is 3. The zero-order chi connectivity index (χ0) is 28.0. The smallest absolute Gasteiger partial charge is 0.435 e. The number of phenols is 1. The minimum Gasteiger partial charge on any atom is -0.506 e. The Labute approximate surface area is 223 Å². The van der Waals surface area contributed by atoms with Crippen molar-refractivity contribution in [3.63, 3.8) is 0 Å². The van der Waals surface area contributed by atoms with Gasteiger partial charge >= 0.3 is 12.4 Å². The molecule has 0 aliphatic rings. The summed E-state index contributed by atoms with van der Waals surface area (Å²) in [5, 5.41) is 14.7. The van der Waals surface area contributed by atoms with E-state index in [0.29, 0.717) is 16.1 Å². The van der Waals surface area contributed by atoms with E-state index < -0.39 is 34.4 Å². The summed E-state index contributed by atoms with van der Waals surface area (Å²) in [6, 6.07) is 11.8. The van der Waals surface area contributed by atoms with Gasteiger partial charge in [-0.05, 0) is 60.0 Å². The first kappa shape index (κ1) is 27.7. The number of benzene rings is 3. The van der Waals surface area contributed by atoms with Crippen molar-refractivity contribution >= 4 is 23.2 Å². The molecular formula is C26H18Cl2F6N2O2. The highest BCUT2D eigenvalue weighted by Crippen LogP contribution is 2.48. The zero-order valence-corrected chi connectivity index (χ0v) is 21.2. The molecule has 0 atom stereocenters. The number of aromatic hydroxyl groups is 1. The molecule has 0 unspecified atom stereocenters. The molecule has 0 saturated carbocycles. The predicted octanol–water partition coefficient (Wildman–Crippen LogP) is 8.69. The van der Waals surface area contributed by atoms with Crippen LogP contribution in [0.4, 0.5) is 26.3 Å². The van der Waals surface area contributed by atoms with Crippen molar-refractivity contribution < 1.29 is 36.2 Å². The van der Waals surface area contributed by atoms with Gasteiger partial charge in [-0.2, -0.15) is 31.4 Å². The molecule has 0 aliphatic heterocycles. The molecule has 38 heavy (non-hydrogen) atoms. The summed E-state index contributed by atoms with van der Waals surface area (Å²) in [5.74, 6) is -0.552. The summed E-state index contributed by atoms with van der Waals surface area (Å²) >= 11 is 11.7. The first-order valence-electron chi connectivity index (χ1n) is 10.9. The van der Waals surface area contributed by atoms with E-state index in [9.17, 15) is 31.4 Å². The molecule has 0 bridgehead atoms. The third kappa shape index (κ3) is 5.56. The number of ether oxygens (including phenoxy) is 1. The van der Waals surface area contributed by atoms with Crippen molar-refractivity contribution in [1.82, 2.24) is 9.78 Å². The topological polar surface area (TPSA) is 47.3 Å². The SMILES string of the molecule is Cc1cc(-c2cc(C(F)(F)F)nn2C)c(O)c(-c2ccc(Cl)c(C(F)(F)F)c2)c1OCc1ccc(Cl)cc1. The molecule has 1 aromatic heterocycles. The molecule has 4 rings (SSSR count). The van der Waals surface area contributed by atoms with Gasteiger partial charge in [-0.15, -0.1) is 0 Å². The highest BCUT2D eigenvalue weighted by molar-refractivity contribution is 6.31. The third-order valence-corrected chi connectivity index (χ3v) is 6.32. The lowest BCUT2D eigenvalue weighted by molar-refractivity contribution is -0.141. The number of halogens is 8. The molecule has 200 valence electrons. The lowest BCUT2D eigenvalue weighted by atomic mass is 9.94. The fraction of sp³-hybridized carbons (Fsp3) is 0.192. The average molecular weight is 575 g/mol. The van der Waals surface area contributed by atoms with Crippen molar-refractivity contribution in [1.29, 1.82) is 0 Å². The molecule has 0 spiro atoms. The van der Waals surface area contributed by atoms with Crippen molar-refractivity contribution in [3.05, 3.63) is 87.0 Å². The number of alkyl halides is 6. The van der Waals surface area contributed by atoms with Gasteiger partial charge < -0.3 is 9.84 Å². The van der Waals surface area contributed by atoms with Gasteiger partial charge in [0.25, 0.3) is 0 Å². The van der Waals surface area contributed by atoms with Gasteiger partial charge in [-0.3, -0.25) is 4.68 Å². The van der Waals surface area contributed by atoms with E-state index >= 15 is 0 Å². The van der Waals surface area contributed by atoms with Crippen molar-refractivity contribution in [3.8, 4) is 33.9 Å². The van der Waals surface area contributed by atoms with Crippen LogP contribution < -0.4 is 4.74 Å². The minimum absolute atomic E-state index is 0.0343. The van der Waals surface area contributed by atoms with E-state index in [1.807, 2.05) is 0 Å². The van der Waals surface area contributed by atoms with Gasteiger partial charge in [-0.25, -0.2) is 0 Å². The number of rotatable bonds is 5. The lowest BCUT2D eigenvalue weighted by Crippen LogP contribution is -2.07. The van der Waals surface area contributed by atoms with Crippen LogP contribution in [-0.4, -0.2) is 14.9 Å². The van der Waals surface area contributed by atoms with Crippen LogP contribution in [0.3, 0.4) is 0 Å². The molecule has 0 aliphatic carbocycles. The Balaban J connectivity index is 1.93. The normalized spacial score (nSPS) is 12.2. The van der Waals surface area contributed by atoms with Gasteiger partial charge in [0.1, 0.15) is 18.1 Å². The van der Waals surface area contributed by atoms with Crippen LogP contribution in [0.1, 0.15) is 22.4 Å². The number of phenolic OH excluding ortho intramolecular Hbond substituents is 1. The van der Waals surface area contributed by atoms with Gasteiger partial charge in [0.2, 0.25) is 0 Å². The van der Waals surface area contributed by atoms with Gasteiger partial charge in [0.05, 0.1) is 21.8 Å². The Bertz CT molecular complexity index is 1500. The van der Waals surface area contributed by atoms with E-state index in [4.69, 9.17) is 27.9 Å². The molecule has 4 nitrogen and oxygen atoms in total. The van der Waals surface area contributed by atoms with Crippen LogP contribution in [0.5, 0.6) is 11.5 Å². The van der Waals surface area contributed by atoms with Crippen molar-refractivity contribution in [2.75, 3.05) is 0 Å². The second-order valence-corrected chi connectivity index (χ2v) is 9.28. The van der Waals surface area contributed by atoms with Gasteiger partial charge in [0.15, 0.2) is 5.69 Å². The maximum Gasteiger partial charge on any atom is 0.435 e. The summed E-state index contributed by atoms with van der Waals surface area (Å²) in [6.07, 6.45) is -9.55. The third-order valence-electron chi connectivity index (χ3n) is 5.74. The first-order valence-corrected chi connectivity index (χ1v) is 11.6. The fourth-order valence-electron chi connectivity index (χ4n) is 3.93. The largest absolute Gasteiger partial charge is 0.506 e. The Morgan fingerprint density at radius 1 is 0.921 bits per heavy atom. The van der Waals surface area contributed by atoms with E-state index in [-0.39, 0.29) is 34.7 Å². The molecule has 0 fully saturated rings. The quantitative estimate of drug-likeness (QED) is 0.242. The van der Waals surface area contributed by atoms with Crippen LogP contribution in [0.2, 0.25) is 10.0 Å². The van der Waals surface area contributed by atoms with Crippen LogP contribution in [0.25, 0.3) is 22.4 Å². The standard InChI is InChI=1S/C26H18Cl2F6N2O2/c1-13-9-17(20-11-21(26(32,33)34)35-36(20)2)23(37)22(15-5-8-19(28)18(10-15)25(29,30)31)24(13)38-12-14-3-6-16(27)7-4-14/h3-11,37H,12H2,1-2H3. The summed E-state index contributed by atoms with van der Waals surface area (Å²) in [6.45, 7) is 1.53. The van der Waals surface area contributed by atoms with Crippen LogP contribution in [0.15, 0.2) is 54.6 Å². The fourth-order valence-corrected chi connectivity index (χ4v) is 4.28. The Morgan fingerprint density at radius 3 is 2.16 bits per heavy atom. The summed E-state index contributed by atoms with van der Waals surface area (Å²) in [4.78, 5) is 0. The maximum atomic E-state index is 13.6. The Hall–Kier alpha value is -3.37. The second kappa shape index (κ2) is 10.1. The van der Waals surface area contributed by atoms with Gasteiger partial charge in [-0.1, -0.05) is 41.4 Å². The Morgan fingerprint density at radius 2 is 1.58 bits per heavy atom. The van der Waals surface area contributed by atoms with Crippen molar-refractivity contribution in [2.24, 2.45) is 7.05 Å².